The summed E-state index contributed by atoms with van der Waals surface area (Å²) < 4.78 is 4.05. The summed E-state index contributed by atoms with van der Waals surface area (Å²) in [6.07, 6.45) is 6.15. The van der Waals surface area contributed by atoms with Gasteiger partial charge in [0, 0.05) is 31.4 Å². The van der Waals surface area contributed by atoms with E-state index in [1.165, 1.54) is 0 Å². The van der Waals surface area contributed by atoms with Crippen molar-refractivity contribution in [1.29, 1.82) is 0 Å². The Labute approximate surface area is 113 Å². The molecule has 0 radical (unpaired) electrons. The van der Waals surface area contributed by atoms with Gasteiger partial charge in [0.05, 0.1) is 6.54 Å². The van der Waals surface area contributed by atoms with E-state index in [9.17, 15) is 0 Å². The van der Waals surface area contributed by atoms with E-state index in [0.717, 1.165) is 24.6 Å². The van der Waals surface area contributed by atoms with Gasteiger partial charge in [0.2, 0.25) is 0 Å². The molecule has 0 aromatic carbocycles. The quantitative estimate of drug-likeness (QED) is 0.845. The molecule has 0 saturated carbocycles. The summed E-state index contributed by atoms with van der Waals surface area (Å²) in [5, 5.41) is 4.27. The first kappa shape index (κ1) is 13.7. The first-order chi connectivity index (χ1) is 9.06. The number of hydrogen-bond donors (Lipinski definition) is 1. The van der Waals surface area contributed by atoms with Crippen molar-refractivity contribution in [2.24, 2.45) is 11.7 Å². The molecule has 2 heterocycles. The van der Waals surface area contributed by atoms with Crippen molar-refractivity contribution in [3.8, 4) is 0 Å². The molecule has 0 saturated heterocycles. The number of nitrogens with zero attached hydrogens (tertiary/aromatic N) is 5. The third-order valence-corrected chi connectivity index (χ3v) is 2.85. The Morgan fingerprint density at radius 2 is 2.00 bits per heavy atom. The van der Waals surface area contributed by atoms with E-state index < -0.39 is 0 Å². The topological polar surface area (TPSA) is 74.5 Å². The van der Waals surface area contributed by atoms with Crippen LogP contribution in [0.3, 0.4) is 0 Å². The Balaban J connectivity index is 2.13. The van der Waals surface area contributed by atoms with E-state index in [-0.39, 0.29) is 6.04 Å². The van der Waals surface area contributed by atoms with Crippen LogP contribution in [0.2, 0.25) is 0 Å². The normalized spacial score (nSPS) is 13.1. The molecule has 2 aromatic rings. The van der Waals surface area contributed by atoms with Gasteiger partial charge in [-0.25, -0.2) is 14.6 Å². The second kappa shape index (κ2) is 5.97. The lowest BCUT2D eigenvalue weighted by Crippen LogP contribution is -2.21. The SMILES string of the molecule is CC(C)Cn1ncnc1Cn1ccnc1CC(C)N. The minimum Gasteiger partial charge on any atom is -0.328 e. The van der Waals surface area contributed by atoms with Gasteiger partial charge in [-0.3, -0.25) is 0 Å². The third kappa shape index (κ3) is 3.64. The lowest BCUT2D eigenvalue weighted by Gasteiger charge is -2.11. The Bertz CT molecular complexity index is 464. The minimum atomic E-state index is 0.106. The Morgan fingerprint density at radius 3 is 2.68 bits per heavy atom. The maximum absolute atomic E-state index is 5.84. The summed E-state index contributed by atoms with van der Waals surface area (Å²) in [5.41, 5.74) is 5.84. The van der Waals surface area contributed by atoms with Gasteiger partial charge in [0.1, 0.15) is 18.0 Å². The van der Waals surface area contributed by atoms with Crippen LogP contribution in [0, 0.1) is 5.92 Å². The van der Waals surface area contributed by atoms with Gasteiger partial charge in [-0.15, -0.1) is 0 Å². The monoisotopic (exact) mass is 262 g/mol. The summed E-state index contributed by atoms with van der Waals surface area (Å²) in [6.45, 7) is 7.90. The highest BCUT2D eigenvalue weighted by Gasteiger charge is 2.10. The lowest BCUT2D eigenvalue weighted by atomic mass is 10.2. The predicted molar refractivity (Wildman–Crippen MR) is 73.5 cm³/mol. The van der Waals surface area contributed by atoms with E-state index >= 15 is 0 Å². The maximum atomic E-state index is 5.84. The Morgan fingerprint density at radius 1 is 1.21 bits per heavy atom. The fourth-order valence-corrected chi connectivity index (χ4v) is 2.02. The molecular weight excluding hydrogens is 240 g/mol. The molecule has 104 valence electrons. The van der Waals surface area contributed by atoms with Gasteiger partial charge in [0.25, 0.3) is 0 Å². The minimum absolute atomic E-state index is 0.106. The summed E-state index contributed by atoms with van der Waals surface area (Å²) in [4.78, 5) is 8.69. The molecule has 0 amide bonds. The van der Waals surface area contributed by atoms with Crippen LogP contribution in [0.15, 0.2) is 18.7 Å². The first-order valence-corrected chi connectivity index (χ1v) is 6.68. The molecule has 1 atom stereocenters. The van der Waals surface area contributed by atoms with E-state index in [2.05, 4.69) is 33.5 Å². The number of rotatable bonds is 6. The second-order valence-corrected chi connectivity index (χ2v) is 5.41. The van der Waals surface area contributed by atoms with Gasteiger partial charge in [-0.05, 0) is 12.8 Å². The van der Waals surface area contributed by atoms with E-state index in [1.807, 2.05) is 17.8 Å². The van der Waals surface area contributed by atoms with Gasteiger partial charge in [-0.2, -0.15) is 5.10 Å². The van der Waals surface area contributed by atoms with Crippen LogP contribution in [0.1, 0.15) is 32.4 Å². The van der Waals surface area contributed by atoms with E-state index in [4.69, 9.17) is 5.73 Å². The number of hydrogen-bond acceptors (Lipinski definition) is 4. The zero-order chi connectivity index (χ0) is 13.8. The van der Waals surface area contributed by atoms with Crippen LogP contribution in [-0.2, 0) is 19.5 Å². The fourth-order valence-electron chi connectivity index (χ4n) is 2.02. The molecular formula is C13H22N6. The zero-order valence-corrected chi connectivity index (χ0v) is 11.8. The van der Waals surface area contributed by atoms with Crippen molar-refractivity contribution in [3.05, 3.63) is 30.4 Å². The Kier molecular flexibility index (Phi) is 4.31. The molecule has 0 fully saturated rings. The molecule has 0 spiro atoms. The Hall–Kier alpha value is -1.69. The van der Waals surface area contributed by atoms with Crippen LogP contribution in [-0.4, -0.2) is 30.4 Å². The average Bonchev–Trinajstić information content (AvgIpc) is 2.89. The summed E-state index contributed by atoms with van der Waals surface area (Å²) in [6, 6.07) is 0.106. The van der Waals surface area contributed by atoms with Crippen molar-refractivity contribution in [3.63, 3.8) is 0 Å². The van der Waals surface area contributed by atoms with Crippen molar-refractivity contribution in [1.82, 2.24) is 24.3 Å². The molecule has 0 aliphatic rings. The summed E-state index contributed by atoms with van der Waals surface area (Å²) in [5.74, 6) is 2.50. The van der Waals surface area contributed by atoms with E-state index in [1.54, 1.807) is 12.5 Å². The van der Waals surface area contributed by atoms with Gasteiger partial charge >= 0.3 is 0 Å². The highest BCUT2D eigenvalue weighted by Crippen LogP contribution is 2.07. The molecule has 6 heteroatoms. The van der Waals surface area contributed by atoms with Crippen molar-refractivity contribution >= 4 is 0 Å². The second-order valence-electron chi connectivity index (χ2n) is 5.41. The molecule has 1 unspecified atom stereocenters. The van der Waals surface area contributed by atoms with Crippen molar-refractivity contribution < 1.29 is 0 Å². The molecule has 19 heavy (non-hydrogen) atoms. The molecule has 6 nitrogen and oxygen atoms in total. The van der Waals surface area contributed by atoms with Crippen molar-refractivity contribution in [2.75, 3.05) is 0 Å². The van der Waals surface area contributed by atoms with Crippen molar-refractivity contribution in [2.45, 2.75) is 46.3 Å². The van der Waals surface area contributed by atoms with Gasteiger partial charge in [0.15, 0.2) is 0 Å². The van der Waals surface area contributed by atoms with Crippen LogP contribution >= 0.6 is 0 Å². The summed E-state index contributed by atoms with van der Waals surface area (Å²) in [7, 11) is 0. The van der Waals surface area contributed by atoms with Crippen LogP contribution in [0.4, 0.5) is 0 Å². The van der Waals surface area contributed by atoms with Gasteiger partial charge in [-0.1, -0.05) is 13.8 Å². The zero-order valence-electron chi connectivity index (χ0n) is 11.8. The number of nitrogens with two attached hydrogens (primary N) is 1. The molecule has 2 N–H and O–H groups in total. The molecule has 2 rings (SSSR count). The fraction of sp³-hybridized carbons (Fsp3) is 0.615. The van der Waals surface area contributed by atoms with Crippen LogP contribution < -0.4 is 5.73 Å². The molecule has 0 aliphatic heterocycles. The smallest absolute Gasteiger partial charge is 0.146 e. The maximum Gasteiger partial charge on any atom is 0.146 e. The predicted octanol–water partition coefficient (Wildman–Crippen LogP) is 1.07. The third-order valence-electron chi connectivity index (χ3n) is 2.85. The largest absolute Gasteiger partial charge is 0.328 e. The highest BCUT2D eigenvalue weighted by molar-refractivity contribution is 4.98. The van der Waals surface area contributed by atoms with E-state index in [0.29, 0.717) is 12.5 Å². The average molecular weight is 262 g/mol. The summed E-state index contributed by atoms with van der Waals surface area (Å²) >= 11 is 0. The standard InChI is InChI=1S/C13H22N6/c1-10(2)7-19-13(16-9-17-19)8-18-5-4-15-12(18)6-11(3)14/h4-5,9-11H,6-8,14H2,1-3H3. The highest BCUT2D eigenvalue weighted by atomic mass is 15.3. The lowest BCUT2D eigenvalue weighted by molar-refractivity contribution is 0.459. The molecule has 0 bridgehead atoms. The van der Waals surface area contributed by atoms with Crippen LogP contribution in [0.25, 0.3) is 0 Å². The number of imidazole rings is 1. The van der Waals surface area contributed by atoms with Crippen LogP contribution in [0.5, 0.6) is 0 Å². The number of aromatic nitrogens is 5. The molecule has 2 aromatic heterocycles. The molecule has 0 aliphatic carbocycles. The van der Waals surface area contributed by atoms with Gasteiger partial charge < -0.3 is 10.3 Å². The first-order valence-electron chi connectivity index (χ1n) is 6.68.